The molecule has 2 N–H and O–H groups in total. The summed E-state index contributed by atoms with van der Waals surface area (Å²) in [6, 6.07) is 12.4. The minimum absolute atomic E-state index is 0.186. The normalized spacial score (nSPS) is 12.3. The Labute approximate surface area is 136 Å². The highest BCUT2D eigenvalue weighted by molar-refractivity contribution is 5.94. The molecule has 2 aromatic carbocycles. The van der Waals surface area contributed by atoms with Gasteiger partial charge in [-0.3, -0.25) is 4.79 Å². The smallest absolute Gasteiger partial charge is 0.387 e. The summed E-state index contributed by atoms with van der Waals surface area (Å²) in [5.74, 6) is -0.587. The fourth-order valence-corrected chi connectivity index (χ4v) is 2.18. The van der Waals surface area contributed by atoms with E-state index in [0.717, 1.165) is 12.1 Å². The Bertz CT molecular complexity index is 782. The molecule has 1 atom stereocenters. The molecule has 0 heterocycles. The summed E-state index contributed by atoms with van der Waals surface area (Å²) >= 11 is 0. The van der Waals surface area contributed by atoms with Gasteiger partial charge in [-0.05, 0) is 29.8 Å². The van der Waals surface area contributed by atoms with Gasteiger partial charge in [0.15, 0.2) is 0 Å². The molecule has 0 saturated heterocycles. The standard InChI is InChI=1S/C17H13F3N2O2/c18-17(19,20)14-7-2-1-6-13(14)15(23)10-22-16(24)12-5-3-4-11(8-12)9-21/h1-8,15,23H,10H2,(H,22,24). The van der Waals surface area contributed by atoms with E-state index < -0.39 is 23.8 Å². The van der Waals surface area contributed by atoms with E-state index in [0.29, 0.717) is 0 Å². The number of alkyl halides is 3. The molecule has 2 rings (SSSR count). The van der Waals surface area contributed by atoms with Crippen molar-refractivity contribution in [3.63, 3.8) is 0 Å². The fraction of sp³-hybridized carbons (Fsp3) is 0.176. The molecule has 24 heavy (non-hydrogen) atoms. The average molecular weight is 334 g/mol. The van der Waals surface area contributed by atoms with Crippen molar-refractivity contribution in [1.82, 2.24) is 5.32 Å². The number of hydrogen-bond donors (Lipinski definition) is 2. The van der Waals surface area contributed by atoms with Crippen LogP contribution in [0.15, 0.2) is 48.5 Å². The van der Waals surface area contributed by atoms with Crippen LogP contribution in [0, 0.1) is 11.3 Å². The first-order chi connectivity index (χ1) is 11.3. The third-order valence-electron chi connectivity index (χ3n) is 3.34. The van der Waals surface area contributed by atoms with Gasteiger partial charge in [0.2, 0.25) is 0 Å². The topological polar surface area (TPSA) is 73.1 Å². The van der Waals surface area contributed by atoms with Crippen molar-refractivity contribution in [2.75, 3.05) is 6.54 Å². The molecule has 0 aromatic heterocycles. The van der Waals surface area contributed by atoms with Crippen molar-refractivity contribution >= 4 is 5.91 Å². The van der Waals surface area contributed by atoms with Gasteiger partial charge in [0.25, 0.3) is 5.91 Å². The van der Waals surface area contributed by atoms with Crippen LogP contribution >= 0.6 is 0 Å². The van der Waals surface area contributed by atoms with Crippen LogP contribution < -0.4 is 5.32 Å². The van der Waals surface area contributed by atoms with Crippen molar-refractivity contribution in [2.45, 2.75) is 12.3 Å². The second kappa shape index (κ2) is 7.15. The summed E-state index contributed by atoms with van der Waals surface area (Å²) in [5, 5.41) is 21.1. The lowest BCUT2D eigenvalue weighted by atomic mass is 10.0. The van der Waals surface area contributed by atoms with Gasteiger partial charge >= 0.3 is 6.18 Å². The number of carbonyl (C=O) groups is 1. The lowest BCUT2D eigenvalue weighted by Gasteiger charge is -2.18. The Kier molecular flexibility index (Phi) is 5.21. The van der Waals surface area contributed by atoms with Crippen LogP contribution in [0.5, 0.6) is 0 Å². The van der Waals surface area contributed by atoms with E-state index in [2.05, 4.69) is 5.32 Å². The Balaban J connectivity index is 2.10. The average Bonchev–Trinajstić information content (AvgIpc) is 2.58. The van der Waals surface area contributed by atoms with Gasteiger partial charge in [-0.2, -0.15) is 18.4 Å². The van der Waals surface area contributed by atoms with Crippen molar-refractivity contribution < 1.29 is 23.1 Å². The number of halogens is 3. The molecule has 2 aromatic rings. The molecule has 0 aliphatic rings. The highest BCUT2D eigenvalue weighted by Crippen LogP contribution is 2.34. The van der Waals surface area contributed by atoms with Gasteiger partial charge in [0.05, 0.1) is 23.3 Å². The second-order valence-electron chi connectivity index (χ2n) is 5.00. The van der Waals surface area contributed by atoms with E-state index in [9.17, 15) is 23.1 Å². The molecule has 0 aliphatic carbocycles. The summed E-state index contributed by atoms with van der Waals surface area (Å²) in [5.41, 5.74) is -0.787. The Morgan fingerprint density at radius 1 is 1.21 bits per heavy atom. The molecule has 0 spiro atoms. The number of nitrogens with zero attached hydrogens (tertiary/aromatic N) is 1. The van der Waals surface area contributed by atoms with E-state index >= 15 is 0 Å². The molecular weight excluding hydrogens is 321 g/mol. The summed E-state index contributed by atoms with van der Waals surface area (Å²) in [4.78, 5) is 12.0. The van der Waals surface area contributed by atoms with Gasteiger partial charge in [-0.25, -0.2) is 0 Å². The van der Waals surface area contributed by atoms with Crippen LogP contribution in [0.4, 0.5) is 13.2 Å². The van der Waals surface area contributed by atoms with E-state index in [1.807, 2.05) is 6.07 Å². The summed E-state index contributed by atoms with van der Waals surface area (Å²) in [6.07, 6.45) is -6.10. The molecule has 0 aliphatic heterocycles. The summed E-state index contributed by atoms with van der Waals surface area (Å²) in [7, 11) is 0. The van der Waals surface area contributed by atoms with Crippen molar-refractivity contribution in [3.05, 3.63) is 70.8 Å². The number of nitriles is 1. The molecule has 0 radical (unpaired) electrons. The zero-order valence-electron chi connectivity index (χ0n) is 12.3. The first kappa shape index (κ1) is 17.5. The minimum Gasteiger partial charge on any atom is -0.387 e. The highest BCUT2D eigenvalue weighted by atomic mass is 19.4. The predicted octanol–water partition coefficient (Wildman–Crippen LogP) is 3.04. The first-order valence-corrected chi connectivity index (χ1v) is 6.95. The zero-order chi connectivity index (χ0) is 17.7. The maximum atomic E-state index is 12.9. The third-order valence-corrected chi connectivity index (χ3v) is 3.34. The molecule has 1 unspecified atom stereocenters. The van der Waals surface area contributed by atoms with Crippen LogP contribution in [0.25, 0.3) is 0 Å². The van der Waals surface area contributed by atoms with E-state index in [1.165, 1.54) is 36.4 Å². The molecule has 0 bridgehead atoms. The van der Waals surface area contributed by atoms with Crippen LogP contribution in [-0.2, 0) is 6.18 Å². The van der Waals surface area contributed by atoms with E-state index in [1.54, 1.807) is 0 Å². The number of aliphatic hydroxyl groups is 1. The molecule has 1 amide bonds. The van der Waals surface area contributed by atoms with Gasteiger partial charge in [0, 0.05) is 12.1 Å². The fourth-order valence-electron chi connectivity index (χ4n) is 2.18. The number of benzene rings is 2. The second-order valence-corrected chi connectivity index (χ2v) is 5.00. The van der Waals surface area contributed by atoms with Crippen molar-refractivity contribution in [3.8, 4) is 6.07 Å². The summed E-state index contributed by atoms with van der Waals surface area (Å²) < 4.78 is 38.8. The lowest BCUT2D eigenvalue weighted by molar-refractivity contribution is -0.139. The molecule has 7 heteroatoms. The molecule has 124 valence electrons. The zero-order valence-corrected chi connectivity index (χ0v) is 12.3. The molecular formula is C17H13F3N2O2. The molecule has 0 fully saturated rings. The van der Waals surface area contributed by atoms with Crippen molar-refractivity contribution in [1.29, 1.82) is 5.26 Å². The molecule has 0 saturated carbocycles. The van der Waals surface area contributed by atoms with Crippen molar-refractivity contribution in [2.24, 2.45) is 0 Å². The third kappa shape index (κ3) is 4.12. The molecule has 4 nitrogen and oxygen atoms in total. The number of carbonyl (C=O) groups excluding carboxylic acids is 1. The first-order valence-electron chi connectivity index (χ1n) is 6.95. The highest BCUT2D eigenvalue weighted by Gasteiger charge is 2.34. The predicted molar refractivity (Wildman–Crippen MR) is 79.9 cm³/mol. The summed E-state index contributed by atoms with van der Waals surface area (Å²) in [6.45, 7) is -0.386. The van der Waals surface area contributed by atoms with Crippen LogP contribution in [0.3, 0.4) is 0 Å². The SMILES string of the molecule is N#Cc1cccc(C(=O)NCC(O)c2ccccc2C(F)(F)F)c1. The number of aliphatic hydroxyl groups excluding tert-OH is 1. The van der Waals surface area contributed by atoms with Gasteiger partial charge in [0.1, 0.15) is 0 Å². The number of rotatable bonds is 4. The lowest BCUT2D eigenvalue weighted by Crippen LogP contribution is -2.29. The van der Waals surface area contributed by atoms with Crippen LogP contribution in [-0.4, -0.2) is 17.6 Å². The maximum Gasteiger partial charge on any atom is 0.416 e. The number of hydrogen-bond acceptors (Lipinski definition) is 3. The number of amides is 1. The minimum atomic E-state index is -4.59. The maximum absolute atomic E-state index is 12.9. The number of nitrogens with one attached hydrogen (secondary N) is 1. The Morgan fingerprint density at radius 3 is 2.58 bits per heavy atom. The largest absolute Gasteiger partial charge is 0.416 e. The van der Waals surface area contributed by atoms with Gasteiger partial charge in [-0.1, -0.05) is 24.3 Å². The van der Waals surface area contributed by atoms with Gasteiger partial charge < -0.3 is 10.4 Å². The van der Waals surface area contributed by atoms with E-state index in [-0.39, 0.29) is 23.2 Å². The van der Waals surface area contributed by atoms with E-state index in [4.69, 9.17) is 5.26 Å². The Morgan fingerprint density at radius 2 is 1.92 bits per heavy atom. The monoisotopic (exact) mass is 334 g/mol. The van der Waals surface area contributed by atoms with Crippen LogP contribution in [0.1, 0.15) is 33.2 Å². The Hall–Kier alpha value is -2.85. The van der Waals surface area contributed by atoms with Gasteiger partial charge in [-0.15, -0.1) is 0 Å². The van der Waals surface area contributed by atoms with Crippen LogP contribution in [0.2, 0.25) is 0 Å². The quantitative estimate of drug-likeness (QED) is 0.903.